The molecular formula is C26H32N4O4S. The quantitative estimate of drug-likeness (QED) is 0.401. The molecule has 0 fully saturated rings. The van der Waals surface area contributed by atoms with E-state index < -0.39 is 15.4 Å². The molecule has 0 bridgehead atoms. The van der Waals surface area contributed by atoms with Crippen LogP contribution in [0.3, 0.4) is 0 Å². The molecule has 186 valence electrons. The van der Waals surface area contributed by atoms with E-state index in [2.05, 4.69) is 15.4 Å². The third-order valence-corrected chi connectivity index (χ3v) is 6.98. The van der Waals surface area contributed by atoms with Crippen LogP contribution in [0.4, 0.5) is 21.9 Å². The predicted octanol–water partition coefficient (Wildman–Crippen LogP) is 5.50. The Hall–Kier alpha value is -3.59. The van der Waals surface area contributed by atoms with E-state index in [1.54, 1.807) is 59.5 Å². The molecule has 3 aromatic rings. The third kappa shape index (κ3) is 6.10. The molecule has 0 heterocycles. The van der Waals surface area contributed by atoms with Crippen LogP contribution in [-0.2, 0) is 14.8 Å². The molecule has 0 saturated heterocycles. The lowest BCUT2D eigenvalue weighted by atomic mass is 9.95. The van der Waals surface area contributed by atoms with E-state index >= 15 is 0 Å². The van der Waals surface area contributed by atoms with Gasteiger partial charge in [0.05, 0.1) is 10.6 Å². The van der Waals surface area contributed by atoms with Gasteiger partial charge in [0.1, 0.15) is 0 Å². The van der Waals surface area contributed by atoms with Crippen molar-refractivity contribution in [1.29, 1.82) is 0 Å². The molecule has 0 atom stereocenters. The summed E-state index contributed by atoms with van der Waals surface area (Å²) in [7, 11) is -3.93. The monoisotopic (exact) mass is 496 g/mol. The van der Waals surface area contributed by atoms with Gasteiger partial charge in [-0.2, -0.15) is 0 Å². The molecule has 0 spiro atoms. The Kier molecular flexibility index (Phi) is 7.70. The van der Waals surface area contributed by atoms with Crippen LogP contribution in [0.2, 0.25) is 0 Å². The molecule has 0 aliphatic carbocycles. The summed E-state index contributed by atoms with van der Waals surface area (Å²) in [4.78, 5) is 26.5. The Labute approximate surface area is 206 Å². The highest BCUT2D eigenvalue weighted by atomic mass is 32.2. The molecular weight excluding hydrogens is 464 g/mol. The third-order valence-electron chi connectivity index (χ3n) is 5.54. The number of sulfonamides is 1. The second-order valence-corrected chi connectivity index (χ2v) is 10.8. The van der Waals surface area contributed by atoms with E-state index in [4.69, 9.17) is 0 Å². The Morgan fingerprint density at radius 3 is 1.97 bits per heavy atom. The van der Waals surface area contributed by atoms with Crippen LogP contribution in [-0.4, -0.2) is 38.3 Å². The number of urea groups is 1. The standard InChI is InChI=1S/C26H32N4O4S/c1-6-30(7-2)25(32)28-22-12-8-11-21-20(22)10-9-13-23(21)35(33,34)29-19-16-14-18(15-17-19)27-24(31)26(3,4)5/h8-17,29H,6-7H2,1-5H3,(H,27,31)(H,28,32). The summed E-state index contributed by atoms with van der Waals surface area (Å²) in [5.74, 6) is -0.134. The lowest BCUT2D eigenvalue weighted by Gasteiger charge is -2.20. The van der Waals surface area contributed by atoms with Crippen molar-refractivity contribution in [1.82, 2.24) is 4.90 Å². The fraction of sp³-hybridized carbons (Fsp3) is 0.308. The predicted molar refractivity (Wildman–Crippen MR) is 141 cm³/mol. The number of nitrogens with one attached hydrogen (secondary N) is 3. The zero-order chi connectivity index (χ0) is 25.8. The molecule has 9 heteroatoms. The van der Waals surface area contributed by atoms with E-state index in [0.717, 1.165) is 0 Å². The number of anilines is 3. The lowest BCUT2D eigenvalue weighted by molar-refractivity contribution is -0.123. The highest BCUT2D eigenvalue weighted by Crippen LogP contribution is 2.30. The van der Waals surface area contributed by atoms with E-state index in [1.807, 2.05) is 34.6 Å². The summed E-state index contributed by atoms with van der Waals surface area (Å²) in [5.41, 5.74) is 0.932. The lowest BCUT2D eigenvalue weighted by Crippen LogP contribution is -2.34. The summed E-state index contributed by atoms with van der Waals surface area (Å²) < 4.78 is 29.1. The van der Waals surface area contributed by atoms with Crippen LogP contribution in [0, 0.1) is 5.41 Å². The fourth-order valence-electron chi connectivity index (χ4n) is 3.48. The van der Waals surface area contributed by atoms with Gasteiger partial charge in [0.25, 0.3) is 10.0 Å². The van der Waals surface area contributed by atoms with E-state index in [-0.39, 0.29) is 16.8 Å². The van der Waals surface area contributed by atoms with Gasteiger partial charge in [0, 0.05) is 40.7 Å². The maximum atomic E-state index is 13.3. The minimum Gasteiger partial charge on any atom is -0.326 e. The number of hydrogen-bond acceptors (Lipinski definition) is 4. The second kappa shape index (κ2) is 10.4. The number of carbonyl (C=O) groups excluding carboxylic acids is 2. The van der Waals surface area contributed by atoms with Crippen LogP contribution in [0.1, 0.15) is 34.6 Å². The highest BCUT2D eigenvalue weighted by Gasteiger charge is 2.22. The summed E-state index contributed by atoms with van der Waals surface area (Å²) in [6.07, 6.45) is 0. The van der Waals surface area contributed by atoms with Gasteiger partial charge in [-0.3, -0.25) is 9.52 Å². The Bertz CT molecular complexity index is 1330. The molecule has 3 amide bonds. The van der Waals surface area contributed by atoms with E-state index in [9.17, 15) is 18.0 Å². The summed E-state index contributed by atoms with van der Waals surface area (Å²) in [6.45, 7) is 10.4. The first-order chi connectivity index (χ1) is 16.5. The number of rotatable bonds is 7. The van der Waals surface area contributed by atoms with Gasteiger partial charge in [0.2, 0.25) is 5.91 Å². The molecule has 3 aromatic carbocycles. The van der Waals surface area contributed by atoms with Gasteiger partial charge in [-0.05, 0) is 50.2 Å². The average Bonchev–Trinajstić information content (AvgIpc) is 2.80. The molecule has 3 rings (SSSR count). The summed E-state index contributed by atoms with van der Waals surface area (Å²) in [6, 6.07) is 16.4. The number of carbonyl (C=O) groups is 2. The Morgan fingerprint density at radius 1 is 0.800 bits per heavy atom. The molecule has 8 nitrogen and oxygen atoms in total. The van der Waals surface area contributed by atoms with Crippen molar-refractivity contribution in [3.05, 3.63) is 60.7 Å². The van der Waals surface area contributed by atoms with E-state index in [0.29, 0.717) is 40.9 Å². The molecule has 3 N–H and O–H groups in total. The zero-order valence-electron chi connectivity index (χ0n) is 20.7. The highest BCUT2D eigenvalue weighted by molar-refractivity contribution is 7.93. The van der Waals surface area contributed by atoms with Crippen LogP contribution >= 0.6 is 0 Å². The first-order valence-electron chi connectivity index (χ1n) is 11.5. The number of amides is 3. The minimum absolute atomic E-state index is 0.0963. The van der Waals surface area contributed by atoms with Crippen molar-refractivity contribution in [2.75, 3.05) is 28.4 Å². The molecule has 0 aliphatic rings. The number of benzene rings is 3. The Morgan fingerprint density at radius 2 is 1.37 bits per heavy atom. The molecule has 0 saturated carbocycles. The van der Waals surface area contributed by atoms with Crippen molar-refractivity contribution in [3.8, 4) is 0 Å². The molecule has 0 aromatic heterocycles. The van der Waals surface area contributed by atoms with Gasteiger partial charge < -0.3 is 15.5 Å². The van der Waals surface area contributed by atoms with Crippen molar-refractivity contribution < 1.29 is 18.0 Å². The first kappa shape index (κ1) is 26.0. The Balaban J connectivity index is 1.87. The second-order valence-electron chi connectivity index (χ2n) is 9.15. The number of fused-ring (bicyclic) bond motifs is 1. The fourth-order valence-corrected chi connectivity index (χ4v) is 4.76. The molecule has 0 radical (unpaired) electrons. The van der Waals surface area contributed by atoms with Crippen molar-refractivity contribution in [2.45, 2.75) is 39.5 Å². The summed E-state index contributed by atoms with van der Waals surface area (Å²) in [5, 5.41) is 6.81. The minimum atomic E-state index is -3.93. The van der Waals surface area contributed by atoms with Crippen molar-refractivity contribution in [3.63, 3.8) is 0 Å². The topological polar surface area (TPSA) is 108 Å². The first-order valence-corrected chi connectivity index (χ1v) is 13.0. The average molecular weight is 497 g/mol. The maximum Gasteiger partial charge on any atom is 0.321 e. The molecule has 0 aliphatic heterocycles. The SMILES string of the molecule is CCN(CC)C(=O)Nc1cccc2c(S(=O)(=O)Nc3ccc(NC(=O)C(C)(C)C)cc3)cccc12. The largest absolute Gasteiger partial charge is 0.326 e. The number of nitrogens with zero attached hydrogens (tertiary/aromatic N) is 1. The van der Waals surface area contributed by atoms with Gasteiger partial charge in [0.15, 0.2) is 0 Å². The van der Waals surface area contributed by atoms with Crippen LogP contribution < -0.4 is 15.4 Å². The van der Waals surface area contributed by atoms with Crippen molar-refractivity contribution >= 4 is 49.8 Å². The maximum absolute atomic E-state index is 13.3. The van der Waals surface area contributed by atoms with Crippen LogP contribution in [0.5, 0.6) is 0 Å². The van der Waals surface area contributed by atoms with Gasteiger partial charge in [-0.25, -0.2) is 13.2 Å². The normalized spacial score (nSPS) is 11.7. The summed E-state index contributed by atoms with van der Waals surface area (Å²) >= 11 is 0. The van der Waals surface area contributed by atoms with Gasteiger partial charge >= 0.3 is 6.03 Å². The molecule has 0 unspecified atom stereocenters. The van der Waals surface area contributed by atoms with E-state index in [1.165, 1.54) is 6.07 Å². The van der Waals surface area contributed by atoms with Crippen LogP contribution in [0.25, 0.3) is 10.8 Å². The molecule has 35 heavy (non-hydrogen) atoms. The number of hydrogen-bond donors (Lipinski definition) is 3. The van der Waals surface area contributed by atoms with Gasteiger partial charge in [-0.1, -0.05) is 45.0 Å². The zero-order valence-corrected chi connectivity index (χ0v) is 21.5. The van der Waals surface area contributed by atoms with Crippen LogP contribution in [0.15, 0.2) is 65.6 Å². The van der Waals surface area contributed by atoms with Crippen molar-refractivity contribution in [2.24, 2.45) is 5.41 Å². The smallest absolute Gasteiger partial charge is 0.321 e. The van der Waals surface area contributed by atoms with Gasteiger partial charge in [-0.15, -0.1) is 0 Å².